The molecule has 8 nitrogen and oxygen atoms in total. The van der Waals surface area contributed by atoms with Crippen molar-refractivity contribution in [2.75, 3.05) is 44.6 Å². The quantitative estimate of drug-likeness (QED) is 0.898. The van der Waals surface area contributed by atoms with Crippen LogP contribution in [-0.2, 0) is 4.74 Å². The van der Waals surface area contributed by atoms with Crippen molar-refractivity contribution in [3.63, 3.8) is 0 Å². The molecule has 0 radical (unpaired) electrons. The second kappa shape index (κ2) is 8.62. The number of anilines is 1. The second-order valence-corrected chi connectivity index (χ2v) is 7.26. The molecule has 2 fully saturated rings. The van der Waals surface area contributed by atoms with E-state index in [4.69, 9.17) is 4.74 Å². The summed E-state index contributed by atoms with van der Waals surface area (Å²) in [6.07, 6.45) is 6.57. The summed E-state index contributed by atoms with van der Waals surface area (Å²) in [7, 11) is 0. The van der Waals surface area contributed by atoms with Crippen molar-refractivity contribution in [2.24, 2.45) is 0 Å². The first-order valence-corrected chi connectivity index (χ1v) is 9.43. The van der Waals surface area contributed by atoms with Crippen LogP contribution in [0.1, 0.15) is 45.6 Å². The molecule has 3 heterocycles. The van der Waals surface area contributed by atoms with Gasteiger partial charge in [-0.15, -0.1) is 5.10 Å². The minimum Gasteiger partial charge on any atom is -0.375 e. The predicted octanol–water partition coefficient (Wildman–Crippen LogP) is 1.97. The van der Waals surface area contributed by atoms with Crippen LogP contribution < -0.4 is 5.32 Å². The zero-order valence-electron chi connectivity index (χ0n) is 15.4. The lowest BCUT2D eigenvalue weighted by Gasteiger charge is -2.31. The first kappa shape index (κ1) is 18.1. The van der Waals surface area contributed by atoms with Gasteiger partial charge in [-0.25, -0.2) is 9.48 Å². The normalized spacial score (nSPS) is 22.8. The zero-order chi connectivity index (χ0) is 17.6. The van der Waals surface area contributed by atoms with E-state index in [0.29, 0.717) is 25.5 Å². The van der Waals surface area contributed by atoms with Gasteiger partial charge in [0.2, 0.25) is 0 Å². The van der Waals surface area contributed by atoms with Crippen molar-refractivity contribution >= 4 is 11.8 Å². The summed E-state index contributed by atoms with van der Waals surface area (Å²) < 4.78 is 7.71. The highest BCUT2D eigenvalue weighted by Crippen LogP contribution is 2.14. The largest absolute Gasteiger partial charge is 0.375 e. The second-order valence-electron chi connectivity index (χ2n) is 7.26. The van der Waals surface area contributed by atoms with Crippen molar-refractivity contribution in [2.45, 2.75) is 51.7 Å². The smallest absolute Gasteiger partial charge is 0.323 e. The first-order chi connectivity index (χ1) is 12.1. The van der Waals surface area contributed by atoms with E-state index >= 15 is 0 Å². The van der Waals surface area contributed by atoms with Gasteiger partial charge in [-0.05, 0) is 46.2 Å². The Balaban J connectivity index is 1.54. The first-order valence-electron chi connectivity index (χ1n) is 9.43. The number of nitrogens with one attached hydrogen (secondary N) is 1. The number of carbonyl (C=O) groups is 1. The van der Waals surface area contributed by atoms with E-state index in [9.17, 15) is 4.79 Å². The molecule has 1 unspecified atom stereocenters. The maximum absolute atomic E-state index is 12.6. The molecule has 2 amide bonds. The number of likely N-dealkylation sites (tertiary alicyclic amines) is 1. The van der Waals surface area contributed by atoms with Gasteiger partial charge in [0.15, 0.2) is 5.82 Å². The van der Waals surface area contributed by atoms with Crippen LogP contribution >= 0.6 is 0 Å². The molecule has 2 aliphatic rings. The number of piperidine rings is 1. The standard InChI is InChI=1S/C17H30N6O2/c1-14(2)23-13-16(19-20-23)18-17(24)22-9-6-10-25-15(12-22)11-21-7-4-3-5-8-21/h13-15H,3-12H2,1-2H3,(H,18,24). The molecule has 25 heavy (non-hydrogen) atoms. The molecule has 2 aliphatic heterocycles. The molecule has 2 saturated heterocycles. The number of urea groups is 1. The SMILES string of the molecule is CC(C)n1cc(NC(=O)N2CCCOC(CN3CCCCC3)C2)nn1. The Morgan fingerprint density at radius 2 is 2.08 bits per heavy atom. The average molecular weight is 350 g/mol. The van der Waals surface area contributed by atoms with Gasteiger partial charge in [-0.2, -0.15) is 0 Å². The van der Waals surface area contributed by atoms with Gasteiger partial charge < -0.3 is 14.5 Å². The molecule has 0 aromatic carbocycles. The van der Waals surface area contributed by atoms with Crippen molar-refractivity contribution in [3.8, 4) is 0 Å². The Kier molecular flexibility index (Phi) is 6.25. The van der Waals surface area contributed by atoms with Gasteiger partial charge in [0.05, 0.1) is 12.3 Å². The van der Waals surface area contributed by atoms with Gasteiger partial charge in [0.1, 0.15) is 0 Å². The Morgan fingerprint density at radius 1 is 1.28 bits per heavy atom. The van der Waals surface area contributed by atoms with Crippen LogP contribution in [0.2, 0.25) is 0 Å². The van der Waals surface area contributed by atoms with E-state index < -0.39 is 0 Å². The number of rotatable bonds is 4. The molecule has 0 bridgehead atoms. The van der Waals surface area contributed by atoms with Crippen molar-refractivity contribution in [3.05, 3.63) is 6.20 Å². The van der Waals surface area contributed by atoms with E-state index in [-0.39, 0.29) is 18.2 Å². The lowest BCUT2D eigenvalue weighted by atomic mass is 10.1. The molecule has 1 aromatic heterocycles. The van der Waals surface area contributed by atoms with E-state index in [2.05, 4.69) is 20.5 Å². The maximum Gasteiger partial charge on any atom is 0.323 e. The van der Waals surface area contributed by atoms with Gasteiger partial charge in [0, 0.05) is 32.3 Å². The number of carbonyl (C=O) groups excluding carboxylic acids is 1. The maximum atomic E-state index is 12.6. The number of nitrogens with zero attached hydrogens (tertiary/aromatic N) is 5. The fraction of sp³-hybridized carbons (Fsp3) is 0.824. The van der Waals surface area contributed by atoms with Crippen LogP contribution in [0.5, 0.6) is 0 Å². The number of aromatic nitrogens is 3. The van der Waals surface area contributed by atoms with Crippen LogP contribution in [0.4, 0.5) is 10.6 Å². The van der Waals surface area contributed by atoms with Gasteiger partial charge in [-0.3, -0.25) is 5.32 Å². The third-order valence-corrected chi connectivity index (χ3v) is 4.82. The summed E-state index contributed by atoms with van der Waals surface area (Å²) in [6.45, 7) is 9.30. The summed E-state index contributed by atoms with van der Waals surface area (Å²) in [5, 5.41) is 10.9. The third kappa shape index (κ3) is 5.15. The molecular weight excluding hydrogens is 320 g/mol. The Morgan fingerprint density at radius 3 is 2.80 bits per heavy atom. The summed E-state index contributed by atoms with van der Waals surface area (Å²) in [5.41, 5.74) is 0. The molecule has 1 N–H and O–H groups in total. The molecule has 3 rings (SSSR count). The highest BCUT2D eigenvalue weighted by atomic mass is 16.5. The Hall–Kier alpha value is -1.67. The highest BCUT2D eigenvalue weighted by molar-refractivity contribution is 5.88. The van der Waals surface area contributed by atoms with Crippen molar-refractivity contribution in [1.82, 2.24) is 24.8 Å². The number of amides is 2. The lowest BCUT2D eigenvalue weighted by molar-refractivity contribution is 0.0261. The fourth-order valence-electron chi connectivity index (χ4n) is 3.40. The summed E-state index contributed by atoms with van der Waals surface area (Å²) in [5.74, 6) is 0.497. The van der Waals surface area contributed by atoms with E-state index in [1.165, 1.54) is 19.3 Å². The van der Waals surface area contributed by atoms with E-state index in [1.807, 2.05) is 18.7 Å². The zero-order valence-corrected chi connectivity index (χ0v) is 15.4. The molecular formula is C17H30N6O2. The number of hydrogen-bond donors (Lipinski definition) is 1. The van der Waals surface area contributed by atoms with Crippen molar-refractivity contribution in [1.29, 1.82) is 0 Å². The van der Waals surface area contributed by atoms with E-state index in [1.54, 1.807) is 10.9 Å². The van der Waals surface area contributed by atoms with Crippen LogP contribution in [0.25, 0.3) is 0 Å². The fourth-order valence-corrected chi connectivity index (χ4v) is 3.40. The molecule has 8 heteroatoms. The minimum absolute atomic E-state index is 0.0812. The highest BCUT2D eigenvalue weighted by Gasteiger charge is 2.25. The molecule has 140 valence electrons. The minimum atomic E-state index is -0.120. The topological polar surface area (TPSA) is 75.5 Å². The monoisotopic (exact) mass is 350 g/mol. The third-order valence-electron chi connectivity index (χ3n) is 4.82. The van der Waals surface area contributed by atoms with Gasteiger partial charge in [0.25, 0.3) is 0 Å². The van der Waals surface area contributed by atoms with Crippen LogP contribution in [0.3, 0.4) is 0 Å². The Bertz CT molecular complexity index is 555. The van der Waals surface area contributed by atoms with Crippen LogP contribution in [-0.4, -0.2) is 76.3 Å². The molecule has 1 atom stereocenters. The number of hydrogen-bond acceptors (Lipinski definition) is 5. The van der Waals surface area contributed by atoms with Gasteiger partial charge in [-0.1, -0.05) is 11.6 Å². The van der Waals surface area contributed by atoms with Crippen LogP contribution in [0.15, 0.2) is 6.20 Å². The molecule has 1 aromatic rings. The summed E-state index contributed by atoms with van der Waals surface area (Å²) in [4.78, 5) is 16.9. The average Bonchev–Trinajstić information content (AvgIpc) is 2.94. The predicted molar refractivity (Wildman–Crippen MR) is 95.6 cm³/mol. The lowest BCUT2D eigenvalue weighted by Crippen LogP contribution is -2.45. The number of ether oxygens (including phenoxy) is 1. The van der Waals surface area contributed by atoms with E-state index in [0.717, 1.165) is 26.1 Å². The van der Waals surface area contributed by atoms with Crippen molar-refractivity contribution < 1.29 is 9.53 Å². The molecule has 0 saturated carbocycles. The summed E-state index contributed by atoms with van der Waals surface area (Å²) in [6, 6.07) is 0.101. The van der Waals surface area contributed by atoms with Crippen LogP contribution in [0, 0.1) is 0 Å². The summed E-state index contributed by atoms with van der Waals surface area (Å²) >= 11 is 0. The Labute approximate surface area is 149 Å². The molecule has 0 aliphatic carbocycles. The van der Waals surface area contributed by atoms with Gasteiger partial charge >= 0.3 is 6.03 Å². The molecule has 0 spiro atoms.